The maximum Gasteiger partial charge on any atom is 0.276 e. The molecule has 1 amide bonds. The summed E-state index contributed by atoms with van der Waals surface area (Å²) in [6, 6.07) is 13.4. The summed E-state index contributed by atoms with van der Waals surface area (Å²) in [5, 5.41) is 4.00. The Morgan fingerprint density at radius 3 is 2.52 bits per heavy atom. The number of ether oxygens (including phenoxy) is 1. The highest BCUT2D eigenvalue weighted by atomic mass is 35.5. The van der Waals surface area contributed by atoms with Gasteiger partial charge in [0.25, 0.3) is 5.91 Å². The Morgan fingerprint density at radius 1 is 1.15 bits per heavy atom. The van der Waals surface area contributed by atoms with Crippen molar-refractivity contribution in [2.24, 2.45) is 0 Å². The number of benzene rings is 2. The molecule has 0 aliphatic heterocycles. The lowest BCUT2D eigenvalue weighted by Gasteiger charge is -2.15. The molecule has 144 valence electrons. The number of hydrogen-bond acceptors (Lipinski definition) is 3. The molecule has 0 atom stereocenters. The predicted octanol–water partition coefficient (Wildman–Crippen LogP) is 3.85. The Balaban J connectivity index is 1.75. The first kappa shape index (κ1) is 21.0. The molecule has 0 aliphatic rings. The molecule has 0 saturated carbocycles. The van der Waals surface area contributed by atoms with Gasteiger partial charge >= 0.3 is 0 Å². The highest BCUT2D eigenvalue weighted by molar-refractivity contribution is 7.80. The number of thiocarbonyl (C=S) groups is 1. The van der Waals surface area contributed by atoms with Crippen LogP contribution in [0.15, 0.2) is 42.5 Å². The number of rotatable bonds is 6. The molecule has 0 heterocycles. The quantitative estimate of drug-likeness (QED) is 0.503. The minimum atomic E-state index is -0.318. The molecule has 3 N–H and O–H groups in total. The Kier molecular flexibility index (Phi) is 7.88. The fraction of sp³-hybridized carbons (Fsp3) is 0.300. The molecular weight excluding hydrogens is 382 g/mol. The number of amides is 1. The largest absolute Gasteiger partial charge is 0.483 e. The van der Waals surface area contributed by atoms with Gasteiger partial charge in [-0.05, 0) is 59.9 Å². The Labute approximate surface area is 170 Å². The van der Waals surface area contributed by atoms with Crippen LogP contribution >= 0.6 is 23.8 Å². The molecule has 5 nitrogen and oxygen atoms in total. The molecule has 0 fully saturated rings. The number of nitrogens with one attached hydrogen (secondary N) is 3. The average molecular weight is 406 g/mol. The summed E-state index contributed by atoms with van der Waals surface area (Å²) >= 11 is 11.0. The number of carbonyl (C=O) groups is 1. The third-order valence-electron chi connectivity index (χ3n) is 3.83. The van der Waals surface area contributed by atoms with Crippen molar-refractivity contribution in [1.82, 2.24) is 16.2 Å². The first-order chi connectivity index (χ1) is 12.8. The second-order valence-electron chi connectivity index (χ2n) is 6.47. The van der Waals surface area contributed by atoms with Crippen molar-refractivity contribution in [2.45, 2.75) is 33.2 Å². The zero-order valence-electron chi connectivity index (χ0n) is 15.6. The van der Waals surface area contributed by atoms with Crippen LogP contribution in [0.3, 0.4) is 0 Å². The summed E-state index contributed by atoms with van der Waals surface area (Å²) in [4.78, 5) is 12.0. The van der Waals surface area contributed by atoms with E-state index in [1.807, 2.05) is 49.4 Å². The van der Waals surface area contributed by atoms with Crippen molar-refractivity contribution in [1.29, 1.82) is 0 Å². The SMILES string of the molecule is Cc1ccc(C(C)C)c(OCC(=O)NNC(=S)NCc2ccc(Cl)cc2)c1. The van der Waals surface area contributed by atoms with E-state index in [1.54, 1.807) is 0 Å². The van der Waals surface area contributed by atoms with Gasteiger partial charge < -0.3 is 10.1 Å². The van der Waals surface area contributed by atoms with Crippen LogP contribution in [-0.4, -0.2) is 17.6 Å². The predicted molar refractivity (Wildman–Crippen MR) is 113 cm³/mol. The van der Waals surface area contributed by atoms with Gasteiger partial charge in [-0.2, -0.15) is 0 Å². The zero-order valence-corrected chi connectivity index (χ0v) is 17.2. The fourth-order valence-electron chi connectivity index (χ4n) is 2.38. The van der Waals surface area contributed by atoms with Gasteiger partial charge in [-0.1, -0.05) is 49.7 Å². The van der Waals surface area contributed by atoms with Gasteiger partial charge in [-0.25, -0.2) is 0 Å². The molecule has 0 bridgehead atoms. The second kappa shape index (κ2) is 10.1. The lowest BCUT2D eigenvalue weighted by molar-refractivity contribution is -0.123. The first-order valence-corrected chi connectivity index (χ1v) is 9.44. The molecular formula is C20H24ClN3O2S. The highest BCUT2D eigenvalue weighted by Crippen LogP contribution is 2.27. The summed E-state index contributed by atoms with van der Waals surface area (Å²) in [7, 11) is 0. The van der Waals surface area contributed by atoms with Gasteiger partial charge in [-0.15, -0.1) is 0 Å². The van der Waals surface area contributed by atoms with Crippen LogP contribution in [0.4, 0.5) is 0 Å². The summed E-state index contributed by atoms with van der Waals surface area (Å²) in [6.07, 6.45) is 0. The van der Waals surface area contributed by atoms with Crippen molar-refractivity contribution >= 4 is 34.8 Å². The maximum absolute atomic E-state index is 12.0. The maximum atomic E-state index is 12.0. The van der Waals surface area contributed by atoms with Crippen LogP contribution in [0.2, 0.25) is 5.02 Å². The van der Waals surface area contributed by atoms with Crippen LogP contribution in [0.1, 0.15) is 36.5 Å². The summed E-state index contributed by atoms with van der Waals surface area (Å²) < 4.78 is 5.69. The van der Waals surface area contributed by atoms with Crippen molar-refractivity contribution < 1.29 is 9.53 Å². The molecule has 0 unspecified atom stereocenters. The molecule has 0 aromatic heterocycles. The number of hydrazine groups is 1. The van der Waals surface area contributed by atoms with Crippen molar-refractivity contribution in [3.8, 4) is 5.75 Å². The molecule has 2 aromatic carbocycles. The van der Waals surface area contributed by atoms with Crippen LogP contribution < -0.4 is 20.9 Å². The molecule has 27 heavy (non-hydrogen) atoms. The zero-order chi connectivity index (χ0) is 19.8. The molecule has 7 heteroatoms. The minimum Gasteiger partial charge on any atom is -0.483 e. The van der Waals surface area contributed by atoms with E-state index < -0.39 is 0 Å². The fourth-order valence-corrected chi connectivity index (χ4v) is 2.63. The number of aryl methyl sites for hydroxylation is 1. The first-order valence-electron chi connectivity index (χ1n) is 8.65. The van der Waals surface area contributed by atoms with Crippen LogP contribution in [0.5, 0.6) is 5.75 Å². The second-order valence-corrected chi connectivity index (χ2v) is 7.31. The van der Waals surface area contributed by atoms with Gasteiger partial charge in [-0.3, -0.25) is 15.6 Å². The molecule has 0 radical (unpaired) electrons. The topological polar surface area (TPSA) is 62.4 Å². The molecule has 0 spiro atoms. The highest BCUT2D eigenvalue weighted by Gasteiger charge is 2.10. The molecule has 0 saturated heterocycles. The van der Waals surface area contributed by atoms with Gasteiger partial charge in [0.1, 0.15) is 5.75 Å². The standard InChI is InChI=1S/C20H24ClN3O2S/c1-13(2)17-9-4-14(3)10-18(17)26-12-19(25)23-24-20(27)22-11-15-5-7-16(21)8-6-15/h4-10,13H,11-12H2,1-3H3,(H,23,25)(H2,22,24,27). The van der Waals surface area contributed by atoms with E-state index in [4.69, 9.17) is 28.6 Å². The van der Waals surface area contributed by atoms with E-state index >= 15 is 0 Å². The van der Waals surface area contributed by atoms with E-state index in [2.05, 4.69) is 30.0 Å². The third kappa shape index (κ3) is 7.07. The van der Waals surface area contributed by atoms with E-state index in [0.717, 1.165) is 22.4 Å². The summed E-state index contributed by atoms with van der Waals surface area (Å²) in [5.41, 5.74) is 8.37. The van der Waals surface area contributed by atoms with Gasteiger partial charge in [0.05, 0.1) is 0 Å². The van der Waals surface area contributed by atoms with Gasteiger partial charge in [0.15, 0.2) is 11.7 Å². The number of hydrogen-bond donors (Lipinski definition) is 3. The van der Waals surface area contributed by atoms with Gasteiger partial charge in [0, 0.05) is 11.6 Å². The van der Waals surface area contributed by atoms with Crippen LogP contribution in [0.25, 0.3) is 0 Å². The lowest BCUT2D eigenvalue weighted by atomic mass is 10.0. The number of halogens is 1. The average Bonchev–Trinajstić information content (AvgIpc) is 2.64. The Hall–Kier alpha value is -2.31. The van der Waals surface area contributed by atoms with E-state index in [1.165, 1.54) is 0 Å². The summed E-state index contributed by atoms with van der Waals surface area (Å²) in [5.74, 6) is 0.719. The third-order valence-corrected chi connectivity index (χ3v) is 4.33. The molecule has 0 aliphatic carbocycles. The van der Waals surface area contributed by atoms with Crippen molar-refractivity contribution in [3.05, 3.63) is 64.2 Å². The molecule has 2 rings (SSSR count). The normalized spacial score (nSPS) is 10.4. The van der Waals surface area contributed by atoms with E-state index in [9.17, 15) is 4.79 Å². The van der Waals surface area contributed by atoms with Crippen LogP contribution in [-0.2, 0) is 11.3 Å². The van der Waals surface area contributed by atoms with Gasteiger partial charge in [0.2, 0.25) is 0 Å². The van der Waals surface area contributed by atoms with E-state index in [-0.39, 0.29) is 12.5 Å². The minimum absolute atomic E-state index is 0.101. The Morgan fingerprint density at radius 2 is 1.85 bits per heavy atom. The van der Waals surface area contributed by atoms with Crippen molar-refractivity contribution in [2.75, 3.05) is 6.61 Å². The number of carbonyl (C=O) groups excluding carboxylic acids is 1. The monoisotopic (exact) mass is 405 g/mol. The smallest absolute Gasteiger partial charge is 0.276 e. The Bertz CT molecular complexity index is 794. The van der Waals surface area contributed by atoms with Crippen molar-refractivity contribution in [3.63, 3.8) is 0 Å². The molecule has 2 aromatic rings. The van der Waals surface area contributed by atoms with E-state index in [0.29, 0.717) is 22.6 Å². The van der Waals surface area contributed by atoms with Crippen LogP contribution in [0, 0.1) is 6.92 Å². The lowest BCUT2D eigenvalue weighted by Crippen LogP contribution is -2.48. The summed E-state index contributed by atoms with van der Waals surface area (Å²) in [6.45, 7) is 6.59.